The predicted molar refractivity (Wildman–Crippen MR) is 117 cm³/mol. The molecule has 4 heterocycles. The summed E-state index contributed by atoms with van der Waals surface area (Å²) >= 11 is 6.61. The van der Waals surface area contributed by atoms with Crippen molar-refractivity contribution in [1.29, 1.82) is 0 Å². The summed E-state index contributed by atoms with van der Waals surface area (Å²) in [5, 5.41) is 8.02. The number of fused-ring (bicyclic) bond motifs is 1. The van der Waals surface area contributed by atoms with Crippen LogP contribution in [-0.4, -0.2) is 46.0 Å². The number of nitrogens with zero attached hydrogens (tertiary/aromatic N) is 3. The van der Waals surface area contributed by atoms with Crippen molar-refractivity contribution < 1.29 is 4.79 Å². The molecule has 29 heavy (non-hydrogen) atoms. The van der Waals surface area contributed by atoms with Crippen LogP contribution in [0.3, 0.4) is 0 Å². The molecular weight excluding hydrogens is 388 g/mol. The van der Waals surface area contributed by atoms with Crippen molar-refractivity contribution in [3.8, 4) is 0 Å². The second-order valence-corrected chi connectivity index (χ2v) is 8.09. The normalized spacial score (nSPS) is 17.1. The van der Waals surface area contributed by atoms with Gasteiger partial charge >= 0.3 is 0 Å². The Morgan fingerprint density at radius 3 is 3.00 bits per heavy atom. The maximum absolute atomic E-state index is 12.7. The Labute approximate surface area is 174 Å². The summed E-state index contributed by atoms with van der Waals surface area (Å²) in [5.41, 5.74) is 2.77. The smallest absolute Gasteiger partial charge is 0.257 e. The van der Waals surface area contributed by atoms with Gasteiger partial charge in [-0.25, -0.2) is 4.98 Å². The van der Waals surface area contributed by atoms with Crippen molar-refractivity contribution >= 4 is 39.9 Å². The largest absolute Gasteiger partial charge is 0.368 e. The lowest BCUT2D eigenvalue weighted by Crippen LogP contribution is -2.48. The average molecular weight is 413 g/mol. The van der Waals surface area contributed by atoms with Gasteiger partial charge in [-0.15, -0.1) is 0 Å². The van der Waals surface area contributed by atoms with E-state index in [1.807, 2.05) is 0 Å². The van der Waals surface area contributed by atoms with E-state index in [2.05, 4.69) is 44.3 Å². The molecule has 1 fully saturated rings. The van der Waals surface area contributed by atoms with Crippen LogP contribution < -0.4 is 15.5 Å². The zero-order chi connectivity index (χ0) is 20.4. The van der Waals surface area contributed by atoms with Crippen LogP contribution in [0.1, 0.15) is 37.0 Å². The Hall–Kier alpha value is -2.64. The van der Waals surface area contributed by atoms with Gasteiger partial charge in [-0.2, -0.15) is 0 Å². The molecule has 0 unspecified atom stereocenters. The molecule has 0 bridgehead atoms. The Balaban J connectivity index is 1.68. The summed E-state index contributed by atoms with van der Waals surface area (Å²) < 4.78 is 0. The van der Waals surface area contributed by atoms with Gasteiger partial charge in [0.25, 0.3) is 5.91 Å². The van der Waals surface area contributed by atoms with Crippen LogP contribution >= 0.6 is 11.6 Å². The van der Waals surface area contributed by atoms with E-state index >= 15 is 0 Å². The maximum atomic E-state index is 12.7. The molecule has 152 valence electrons. The Kier molecular flexibility index (Phi) is 5.69. The maximum Gasteiger partial charge on any atom is 0.257 e. The van der Waals surface area contributed by atoms with Crippen molar-refractivity contribution in [2.24, 2.45) is 0 Å². The fourth-order valence-electron chi connectivity index (χ4n) is 3.94. The molecule has 3 aromatic heterocycles. The highest BCUT2D eigenvalue weighted by molar-refractivity contribution is 6.35. The van der Waals surface area contributed by atoms with Gasteiger partial charge in [0.15, 0.2) is 0 Å². The molecule has 0 saturated carbocycles. The van der Waals surface area contributed by atoms with Gasteiger partial charge in [-0.3, -0.25) is 9.78 Å². The first kappa shape index (κ1) is 19.7. The van der Waals surface area contributed by atoms with Crippen molar-refractivity contribution in [2.75, 3.05) is 23.3 Å². The van der Waals surface area contributed by atoms with Gasteiger partial charge in [0.1, 0.15) is 5.65 Å². The van der Waals surface area contributed by atoms with E-state index in [0.717, 1.165) is 37.0 Å². The molecule has 0 spiro atoms. The third-order valence-electron chi connectivity index (χ3n) is 5.11. The molecule has 8 heteroatoms. The van der Waals surface area contributed by atoms with E-state index < -0.39 is 0 Å². The van der Waals surface area contributed by atoms with E-state index in [4.69, 9.17) is 11.6 Å². The number of hydrogen-bond donors (Lipinski definition) is 3. The molecule has 4 rings (SSSR count). The molecule has 1 aliphatic rings. The average Bonchev–Trinajstić information content (AvgIpc) is 3.11. The van der Waals surface area contributed by atoms with Gasteiger partial charge in [0.2, 0.25) is 0 Å². The first-order valence-electron chi connectivity index (χ1n) is 9.91. The minimum atomic E-state index is -0.220. The topological polar surface area (TPSA) is 85.9 Å². The number of H-pyrrole nitrogens is 1. The highest BCUT2D eigenvalue weighted by Crippen LogP contribution is 2.38. The summed E-state index contributed by atoms with van der Waals surface area (Å²) in [6, 6.07) is 4.30. The van der Waals surface area contributed by atoms with Crippen molar-refractivity contribution in [3.05, 3.63) is 47.5 Å². The van der Waals surface area contributed by atoms with E-state index in [9.17, 15) is 4.79 Å². The minimum absolute atomic E-state index is 0.220. The van der Waals surface area contributed by atoms with Crippen LogP contribution in [0.25, 0.3) is 11.0 Å². The number of rotatable bonds is 5. The Morgan fingerprint density at radius 2 is 2.24 bits per heavy atom. The molecule has 0 radical (unpaired) electrons. The van der Waals surface area contributed by atoms with E-state index in [-0.39, 0.29) is 5.91 Å². The van der Waals surface area contributed by atoms with Gasteiger partial charge in [0, 0.05) is 43.8 Å². The highest BCUT2D eigenvalue weighted by atomic mass is 35.5. The lowest BCUT2D eigenvalue weighted by molar-refractivity contribution is 0.102. The van der Waals surface area contributed by atoms with Gasteiger partial charge in [-0.05, 0) is 25.0 Å². The summed E-state index contributed by atoms with van der Waals surface area (Å²) in [5.74, 6) is -0.220. The second-order valence-electron chi connectivity index (χ2n) is 7.68. The standard InChI is InChI=1S/C21H25ClN6O/c1-13(2)26-15-6-4-8-28(12-15)19-16(22)10-24-20-18(19)17(11-25-20)27-21(29)14-5-3-7-23-9-14/h3,5,7,9-11,13,15,26H,4,6,8,12H2,1-2H3,(H,24,25)(H,27,29)/t15-/m1/s1. The second kappa shape index (κ2) is 8.39. The summed E-state index contributed by atoms with van der Waals surface area (Å²) in [6.45, 7) is 6.10. The minimum Gasteiger partial charge on any atom is -0.368 e. The molecule has 7 nitrogen and oxygen atoms in total. The van der Waals surface area contributed by atoms with Crippen LogP contribution in [0.15, 0.2) is 36.9 Å². The van der Waals surface area contributed by atoms with Gasteiger partial charge < -0.3 is 20.5 Å². The number of carbonyl (C=O) groups excluding carboxylic acids is 1. The number of anilines is 2. The third kappa shape index (κ3) is 4.21. The summed E-state index contributed by atoms with van der Waals surface area (Å²) in [4.78, 5) is 26.5. The number of carbonyl (C=O) groups is 1. The number of amides is 1. The number of nitrogens with one attached hydrogen (secondary N) is 3. The Bertz CT molecular complexity index is 1000. The Morgan fingerprint density at radius 1 is 1.38 bits per heavy atom. The van der Waals surface area contributed by atoms with Crippen LogP contribution in [0.4, 0.5) is 11.4 Å². The third-order valence-corrected chi connectivity index (χ3v) is 5.38. The molecule has 0 aromatic carbocycles. The molecule has 1 aliphatic heterocycles. The molecule has 0 aliphatic carbocycles. The van der Waals surface area contributed by atoms with Gasteiger partial charge in [-0.1, -0.05) is 25.4 Å². The monoisotopic (exact) mass is 412 g/mol. The fraction of sp³-hybridized carbons (Fsp3) is 0.381. The van der Waals surface area contributed by atoms with Gasteiger partial charge in [0.05, 0.1) is 33.5 Å². The first-order chi connectivity index (χ1) is 14.0. The molecular formula is C21H25ClN6O. The quantitative estimate of drug-likeness (QED) is 0.593. The lowest BCUT2D eigenvalue weighted by Gasteiger charge is -2.36. The fourth-order valence-corrected chi connectivity index (χ4v) is 4.21. The van der Waals surface area contributed by atoms with Crippen molar-refractivity contribution in [1.82, 2.24) is 20.3 Å². The lowest BCUT2D eigenvalue weighted by atomic mass is 10.0. The van der Waals surface area contributed by atoms with Crippen molar-refractivity contribution in [3.63, 3.8) is 0 Å². The molecule has 1 atom stereocenters. The van der Waals surface area contributed by atoms with E-state index in [1.54, 1.807) is 36.9 Å². The number of hydrogen-bond acceptors (Lipinski definition) is 5. The molecule has 3 aromatic rings. The zero-order valence-corrected chi connectivity index (χ0v) is 17.3. The van der Waals surface area contributed by atoms with E-state index in [0.29, 0.717) is 34.0 Å². The van der Waals surface area contributed by atoms with Crippen molar-refractivity contribution in [2.45, 2.75) is 38.8 Å². The summed E-state index contributed by atoms with van der Waals surface area (Å²) in [6.07, 6.45) is 8.83. The van der Waals surface area contributed by atoms with Crippen LogP contribution in [0, 0.1) is 0 Å². The zero-order valence-electron chi connectivity index (χ0n) is 16.6. The molecule has 1 amide bonds. The van der Waals surface area contributed by atoms with Crippen LogP contribution in [-0.2, 0) is 0 Å². The number of aromatic amines is 1. The number of pyridine rings is 2. The van der Waals surface area contributed by atoms with Crippen LogP contribution in [0.2, 0.25) is 5.02 Å². The SMILES string of the molecule is CC(C)N[C@@H]1CCCN(c2c(Cl)cnc3[nH]cc(NC(=O)c4cccnc4)c23)C1. The number of halogens is 1. The number of piperidine rings is 1. The highest BCUT2D eigenvalue weighted by Gasteiger charge is 2.26. The number of aromatic nitrogens is 3. The predicted octanol–water partition coefficient (Wildman–Crippen LogP) is 3.83. The van der Waals surface area contributed by atoms with Crippen LogP contribution in [0.5, 0.6) is 0 Å². The molecule has 3 N–H and O–H groups in total. The summed E-state index contributed by atoms with van der Waals surface area (Å²) in [7, 11) is 0. The first-order valence-corrected chi connectivity index (χ1v) is 10.3. The van der Waals surface area contributed by atoms with E-state index in [1.165, 1.54) is 0 Å². The molecule has 1 saturated heterocycles.